The van der Waals surface area contributed by atoms with Gasteiger partial charge < -0.3 is 15.4 Å². The van der Waals surface area contributed by atoms with Crippen molar-refractivity contribution in [3.8, 4) is 17.0 Å². The van der Waals surface area contributed by atoms with Crippen LogP contribution in [0.5, 0.6) is 5.75 Å². The van der Waals surface area contributed by atoms with Gasteiger partial charge in [-0.15, -0.1) is 12.4 Å². The maximum atomic E-state index is 14.3. The van der Waals surface area contributed by atoms with Gasteiger partial charge in [0.25, 0.3) is 5.91 Å². The molecule has 192 valence electrons. The van der Waals surface area contributed by atoms with Crippen LogP contribution in [0.4, 0.5) is 27.6 Å². The van der Waals surface area contributed by atoms with Crippen LogP contribution in [-0.2, 0) is 6.18 Å². The molecule has 0 radical (unpaired) electrons. The number of halogens is 6. The van der Waals surface area contributed by atoms with Crippen molar-refractivity contribution in [2.45, 2.75) is 31.5 Å². The third kappa shape index (κ3) is 6.27. The van der Waals surface area contributed by atoms with Gasteiger partial charge in [0.2, 0.25) is 0 Å². The van der Waals surface area contributed by atoms with E-state index in [-0.39, 0.29) is 24.2 Å². The number of nitrogens with one attached hydrogen (secondary N) is 2. The van der Waals surface area contributed by atoms with E-state index in [4.69, 9.17) is 4.74 Å². The molecule has 0 saturated carbocycles. The Morgan fingerprint density at radius 2 is 1.81 bits per heavy atom. The van der Waals surface area contributed by atoms with Gasteiger partial charge in [-0.3, -0.25) is 9.78 Å². The number of aromatic nitrogens is 2. The Morgan fingerprint density at radius 1 is 1.06 bits per heavy atom. The number of anilines is 1. The Kier molecular flexibility index (Phi) is 8.80. The van der Waals surface area contributed by atoms with Gasteiger partial charge in [0.1, 0.15) is 34.9 Å². The Bertz CT molecular complexity index is 1200. The lowest BCUT2D eigenvalue weighted by molar-refractivity contribution is -0.137. The number of ether oxygens (including phenoxy) is 1. The molecule has 0 aliphatic carbocycles. The molecular formula is C24H22ClF5N4O2. The first kappa shape index (κ1) is 27.3. The van der Waals surface area contributed by atoms with Gasteiger partial charge in [-0.1, -0.05) is 6.07 Å². The molecule has 1 unspecified atom stereocenters. The number of rotatable bonds is 5. The van der Waals surface area contributed by atoms with Crippen LogP contribution in [0.2, 0.25) is 0 Å². The molecule has 1 saturated heterocycles. The van der Waals surface area contributed by atoms with Gasteiger partial charge in [0.15, 0.2) is 0 Å². The smallest absolute Gasteiger partial charge is 0.418 e. The third-order valence-corrected chi connectivity index (χ3v) is 5.48. The minimum Gasteiger partial charge on any atom is -0.488 e. The zero-order chi connectivity index (χ0) is 25.0. The fraction of sp³-hybridized carbons (Fsp3) is 0.292. The first-order chi connectivity index (χ1) is 16.7. The van der Waals surface area contributed by atoms with Crippen LogP contribution in [0.15, 0.2) is 48.8 Å². The van der Waals surface area contributed by atoms with Crippen molar-refractivity contribution in [1.29, 1.82) is 0 Å². The molecule has 36 heavy (non-hydrogen) atoms. The second-order valence-electron chi connectivity index (χ2n) is 7.93. The zero-order valence-electron chi connectivity index (χ0n) is 18.7. The normalized spacial score (nSPS) is 16.0. The highest BCUT2D eigenvalue weighted by atomic mass is 35.5. The number of amides is 1. The molecule has 1 fully saturated rings. The lowest BCUT2D eigenvalue weighted by Crippen LogP contribution is -2.21. The molecule has 1 aliphatic rings. The van der Waals surface area contributed by atoms with E-state index in [0.717, 1.165) is 56.6 Å². The van der Waals surface area contributed by atoms with Crippen molar-refractivity contribution in [2.24, 2.45) is 0 Å². The van der Waals surface area contributed by atoms with Crippen LogP contribution in [0, 0.1) is 11.6 Å². The molecule has 0 bridgehead atoms. The summed E-state index contributed by atoms with van der Waals surface area (Å²) in [5.74, 6) is -3.02. The summed E-state index contributed by atoms with van der Waals surface area (Å²) in [6, 6.07) is 5.63. The van der Waals surface area contributed by atoms with E-state index < -0.39 is 46.2 Å². The summed E-state index contributed by atoms with van der Waals surface area (Å²) in [6.45, 7) is 1.66. The summed E-state index contributed by atoms with van der Waals surface area (Å²) < 4.78 is 75.4. The van der Waals surface area contributed by atoms with Crippen LogP contribution < -0.4 is 15.4 Å². The van der Waals surface area contributed by atoms with Crippen LogP contribution >= 0.6 is 12.4 Å². The number of hydrogen-bond donors (Lipinski definition) is 2. The lowest BCUT2D eigenvalue weighted by Gasteiger charge is -2.19. The lowest BCUT2D eigenvalue weighted by atomic mass is 10.0. The molecular weight excluding hydrogens is 507 g/mol. The molecule has 6 nitrogen and oxygen atoms in total. The largest absolute Gasteiger partial charge is 0.488 e. The highest BCUT2D eigenvalue weighted by Crippen LogP contribution is 2.38. The summed E-state index contributed by atoms with van der Waals surface area (Å²) in [7, 11) is 0. The fourth-order valence-electron chi connectivity index (χ4n) is 3.78. The Hall–Kier alpha value is -3.31. The Morgan fingerprint density at radius 3 is 2.53 bits per heavy atom. The molecule has 1 atom stereocenters. The summed E-state index contributed by atoms with van der Waals surface area (Å²) in [4.78, 5) is 20.6. The van der Waals surface area contributed by atoms with Gasteiger partial charge >= 0.3 is 6.18 Å². The fourth-order valence-corrected chi connectivity index (χ4v) is 3.78. The SMILES string of the molecule is Cl.O=C(Nc1cnccc1OC1CCCNCC1)c1ccc(C(F)(F)F)c(-c2c(F)cccc2F)n1. The third-order valence-electron chi connectivity index (χ3n) is 5.48. The predicted molar refractivity (Wildman–Crippen MR) is 125 cm³/mol. The first-order valence-corrected chi connectivity index (χ1v) is 10.9. The van der Waals surface area contributed by atoms with Crippen molar-refractivity contribution in [2.75, 3.05) is 18.4 Å². The number of hydrogen-bond acceptors (Lipinski definition) is 5. The Labute approximate surface area is 209 Å². The predicted octanol–water partition coefficient (Wildman–Crippen LogP) is 5.64. The summed E-state index contributed by atoms with van der Waals surface area (Å²) >= 11 is 0. The molecule has 1 aliphatic heterocycles. The molecule has 12 heteroatoms. The number of benzene rings is 1. The quantitative estimate of drug-likeness (QED) is 0.419. The van der Waals surface area contributed by atoms with Crippen molar-refractivity contribution in [3.63, 3.8) is 0 Å². The van der Waals surface area contributed by atoms with Crippen molar-refractivity contribution in [1.82, 2.24) is 15.3 Å². The van der Waals surface area contributed by atoms with Crippen molar-refractivity contribution >= 4 is 24.0 Å². The second-order valence-corrected chi connectivity index (χ2v) is 7.93. The second kappa shape index (κ2) is 11.6. The number of carbonyl (C=O) groups is 1. The molecule has 1 amide bonds. The molecule has 4 rings (SSSR count). The summed E-state index contributed by atoms with van der Waals surface area (Å²) in [6.07, 6.45) is 0.253. The van der Waals surface area contributed by atoms with Gasteiger partial charge in [-0.2, -0.15) is 13.2 Å². The maximum absolute atomic E-state index is 14.3. The summed E-state index contributed by atoms with van der Waals surface area (Å²) in [5, 5.41) is 5.79. The molecule has 1 aromatic carbocycles. The van der Waals surface area contributed by atoms with Gasteiger partial charge in [-0.05, 0) is 56.6 Å². The van der Waals surface area contributed by atoms with E-state index in [0.29, 0.717) is 11.8 Å². The standard InChI is InChI=1S/C24H21F5N4O2.ClH/c25-16-4-1-5-17(26)21(16)22-15(24(27,28)29)6-7-18(32-22)23(34)33-19-13-31-12-9-20(19)35-14-3-2-10-30-11-8-14;/h1,4-7,9,12-14,30H,2-3,8,10-11H2,(H,33,34);1H. The first-order valence-electron chi connectivity index (χ1n) is 10.9. The molecule has 2 aromatic heterocycles. The van der Waals surface area contributed by atoms with Crippen molar-refractivity contribution in [3.05, 3.63) is 71.7 Å². The van der Waals surface area contributed by atoms with E-state index in [1.165, 1.54) is 12.4 Å². The minimum atomic E-state index is -4.95. The van der Waals surface area contributed by atoms with Crippen LogP contribution in [0.25, 0.3) is 11.3 Å². The van der Waals surface area contributed by atoms with E-state index in [1.54, 1.807) is 6.07 Å². The van der Waals surface area contributed by atoms with E-state index in [9.17, 15) is 26.7 Å². The van der Waals surface area contributed by atoms with Gasteiger partial charge in [0.05, 0.1) is 23.0 Å². The van der Waals surface area contributed by atoms with E-state index in [2.05, 4.69) is 20.6 Å². The van der Waals surface area contributed by atoms with E-state index in [1.807, 2.05) is 0 Å². The minimum absolute atomic E-state index is 0. The number of nitrogens with zero attached hydrogens (tertiary/aromatic N) is 2. The maximum Gasteiger partial charge on any atom is 0.418 e. The van der Waals surface area contributed by atoms with Crippen LogP contribution in [-0.4, -0.2) is 35.1 Å². The van der Waals surface area contributed by atoms with Crippen LogP contribution in [0.1, 0.15) is 35.3 Å². The van der Waals surface area contributed by atoms with E-state index >= 15 is 0 Å². The number of alkyl halides is 3. The average Bonchev–Trinajstić information content (AvgIpc) is 3.08. The number of carbonyl (C=O) groups excluding carboxylic acids is 1. The number of pyridine rings is 2. The van der Waals surface area contributed by atoms with Crippen molar-refractivity contribution < 1.29 is 31.5 Å². The molecule has 0 spiro atoms. The molecule has 2 N–H and O–H groups in total. The van der Waals surface area contributed by atoms with Gasteiger partial charge in [-0.25, -0.2) is 13.8 Å². The zero-order valence-corrected chi connectivity index (χ0v) is 19.6. The summed E-state index contributed by atoms with van der Waals surface area (Å²) in [5.41, 5.74) is -3.64. The van der Waals surface area contributed by atoms with Gasteiger partial charge in [0, 0.05) is 12.3 Å². The average molecular weight is 529 g/mol. The monoisotopic (exact) mass is 528 g/mol. The Balaban J connectivity index is 0.00000361. The molecule has 3 heterocycles. The highest BCUT2D eigenvalue weighted by molar-refractivity contribution is 6.04. The topological polar surface area (TPSA) is 76.1 Å². The highest BCUT2D eigenvalue weighted by Gasteiger charge is 2.36. The van der Waals surface area contributed by atoms with Crippen LogP contribution in [0.3, 0.4) is 0 Å². The molecule has 3 aromatic rings.